The van der Waals surface area contributed by atoms with Gasteiger partial charge in [0, 0.05) is 26.1 Å². The lowest BCUT2D eigenvalue weighted by molar-refractivity contribution is -0.0327. The molecule has 0 radical (unpaired) electrons. The van der Waals surface area contributed by atoms with E-state index >= 15 is 0 Å². The molecule has 2 fully saturated rings. The SMILES string of the molecule is CNC[C@H](C1CCC(OC)C(C)C1)[C@H](O)C1CCCNC1. The Hall–Kier alpha value is -0.160. The summed E-state index contributed by atoms with van der Waals surface area (Å²) in [5.74, 6) is 2.02. The van der Waals surface area contributed by atoms with Crippen molar-refractivity contribution >= 4 is 0 Å². The zero-order valence-corrected chi connectivity index (χ0v) is 14.0. The van der Waals surface area contributed by atoms with Gasteiger partial charge < -0.3 is 20.5 Å². The maximum absolute atomic E-state index is 10.9. The van der Waals surface area contributed by atoms with Crippen LogP contribution in [0.3, 0.4) is 0 Å². The van der Waals surface area contributed by atoms with Crippen molar-refractivity contribution < 1.29 is 9.84 Å². The van der Waals surface area contributed by atoms with Gasteiger partial charge >= 0.3 is 0 Å². The minimum absolute atomic E-state index is 0.179. The van der Waals surface area contributed by atoms with Gasteiger partial charge in [-0.15, -0.1) is 0 Å². The van der Waals surface area contributed by atoms with Gasteiger partial charge in [-0.25, -0.2) is 0 Å². The summed E-state index contributed by atoms with van der Waals surface area (Å²) in [7, 11) is 3.83. The molecule has 21 heavy (non-hydrogen) atoms. The van der Waals surface area contributed by atoms with Crippen LogP contribution in [0.2, 0.25) is 0 Å². The summed E-state index contributed by atoms with van der Waals surface area (Å²) in [6.45, 7) is 5.30. The number of rotatable bonds is 6. The summed E-state index contributed by atoms with van der Waals surface area (Å²) in [5, 5.41) is 17.7. The molecular formula is C17H34N2O2. The second-order valence-electron chi connectivity index (χ2n) is 7.14. The van der Waals surface area contributed by atoms with Crippen LogP contribution in [0, 0.1) is 23.7 Å². The molecule has 0 aromatic heterocycles. The molecule has 0 bridgehead atoms. The van der Waals surface area contributed by atoms with E-state index in [1.165, 1.54) is 19.3 Å². The van der Waals surface area contributed by atoms with Gasteiger partial charge in [0.1, 0.15) is 0 Å². The van der Waals surface area contributed by atoms with Gasteiger partial charge in [-0.2, -0.15) is 0 Å². The van der Waals surface area contributed by atoms with E-state index in [1.54, 1.807) is 0 Å². The fourth-order valence-corrected chi connectivity index (χ4v) is 4.47. The highest BCUT2D eigenvalue weighted by Gasteiger charge is 2.37. The summed E-state index contributed by atoms with van der Waals surface area (Å²) in [6.07, 6.45) is 6.09. The Morgan fingerprint density at radius 3 is 2.67 bits per heavy atom. The van der Waals surface area contributed by atoms with Crippen molar-refractivity contribution in [1.29, 1.82) is 0 Å². The standard InChI is InChI=1S/C17H34N2O2/c1-12-9-13(6-7-16(12)21-3)15(11-18-2)17(20)14-5-4-8-19-10-14/h12-20H,4-11H2,1-3H3/t12?,13?,14?,15-,16?,17-/m1/s1. The second kappa shape index (κ2) is 8.47. The van der Waals surface area contributed by atoms with Crippen LogP contribution in [0.1, 0.15) is 39.0 Å². The lowest BCUT2D eigenvalue weighted by Crippen LogP contribution is -2.46. The van der Waals surface area contributed by atoms with Crippen LogP contribution in [0.15, 0.2) is 0 Å². The first-order chi connectivity index (χ1) is 10.2. The Kier molecular flexibility index (Phi) is 6.93. The molecule has 3 N–H and O–H groups in total. The number of piperidine rings is 1. The first-order valence-corrected chi connectivity index (χ1v) is 8.73. The Balaban J connectivity index is 1.97. The van der Waals surface area contributed by atoms with Crippen LogP contribution in [0.4, 0.5) is 0 Å². The molecule has 0 spiro atoms. The summed E-state index contributed by atoms with van der Waals surface area (Å²) in [4.78, 5) is 0. The van der Waals surface area contributed by atoms with Crippen LogP contribution < -0.4 is 10.6 Å². The molecule has 0 aromatic carbocycles. The summed E-state index contributed by atoms with van der Waals surface area (Å²) in [5.41, 5.74) is 0. The smallest absolute Gasteiger partial charge is 0.0623 e. The molecule has 1 aliphatic heterocycles. The zero-order chi connectivity index (χ0) is 15.2. The highest BCUT2D eigenvalue weighted by atomic mass is 16.5. The normalized spacial score (nSPS) is 37.1. The summed E-state index contributed by atoms with van der Waals surface area (Å²) >= 11 is 0. The van der Waals surface area contributed by atoms with Crippen molar-refractivity contribution in [3.63, 3.8) is 0 Å². The molecule has 2 aliphatic rings. The number of nitrogens with one attached hydrogen (secondary N) is 2. The molecule has 2 rings (SSSR count). The monoisotopic (exact) mass is 298 g/mol. The predicted octanol–water partition coefficient (Wildman–Crippen LogP) is 1.63. The van der Waals surface area contributed by atoms with E-state index < -0.39 is 0 Å². The third-order valence-electron chi connectivity index (χ3n) is 5.74. The van der Waals surface area contributed by atoms with Gasteiger partial charge in [-0.3, -0.25) is 0 Å². The van der Waals surface area contributed by atoms with E-state index in [-0.39, 0.29) is 6.10 Å². The Morgan fingerprint density at radius 1 is 1.29 bits per heavy atom. The van der Waals surface area contributed by atoms with Gasteiger partial charge in [0.15, 0.2) is 0 Å². The predicted molar refractivity (Wildman–Crippen MR) is 86.3 cm³/mol. The molecule has 1 saturated carbocycles. The van der Waals surface area contributed by atoms with Crippen LogP contribution in [0.5, 0.6) is 0 Å². The maximum Gasteiger partial charge on any atom is 0.0623 e. The molecule has 6 atom stereocenters. The highest BCUT2D eigenvalue weighted by molar-refractivity contribution is 4.89. The van der Waals surface area contributed by atoms with Crippen LogP contribution in [-0.2, 0) is 4.74 Å². The Morgan fingerprint density at radius 2 is 2.10 bits per heavy atom. The number of hydrogen-bond acceptors (Lipinski definition) is 4. The zero-order valence-electron chi connectivity index (χ0n) is 14.0. The highest BCUT2D eigenvalue weighted by Crippen LogP contribution is 2.38. The molecular weight excluding hydrogens is 264 g/mol. The van der Waals surface area contributed by atoms with Crippen molar-refractivity contribution in [3.05, 3.63) is 0 Å². The van der Waals surface area contributed by atoms with Gasteiger partial charge in [-0.05, 0) is 63.5 Å². The van der Waals surface area contributed by atoms with Gasteiger partial charge in [-0.1, -0.05) is 6.92 Å². The number of methoxy groups -OCH3 is 1. The van der Waals surface area contributed by atoms with E-state index in [4.69, 9.17) is 4.74 Å². The number of aliphatic hydroxyl groups excluding tert-OH is 1. The molecule has 1 saturated heterocycles. The molecule has 4 heteroatoms. The van der Waals surface area contributed by atoms with Gasteiger partial charge in [0.05, 0.1) is 12.2 Å². The van der Waals surface area contributed by atoms with Crippen molar-refractivity contribution in [2.24, 2.45) is 23.7 Å². The first-order valence-electron chi connectivity index (χ1n) is 8.73. The lowest BCUT2D eigenvalue weighted by atomic mass is 9.70. The molecule has 0 amide bonds. The quantitative estimate of drug-likeness (QED) is 0.698. The topological polar surface area (TPSA) is 53.5 Å². The molecule has 1 heterocycles. The van der Waals surface area contributed by atoms with E-state index in [0.717, 1.165) is 32.5 Å². The van der Waals surface area contributed by atoms with Gasteiger partial charge in [0.25, 0.3) is 0 Å². The second-order valence-corrected chi connectivity index (χ2v) is 7.14. The maximum atomic E-state index is 10.9. The Labute approximate surface area is 130 Å². The van der Waals surface area contributed by atoms with Crippen LogP contribution in [-0.4, -0.2) is 51.1 Å². The van der Waals surface area contributed by atoms with Gasteiger partial charge in [0.2, 0.25) is 0 Å². The molecule has 124 valence electrons. The number of hydrogen-bond donors (Lipinski definition) is 3. The van der Waals surface area contributed by atoms with Crippen LogP contribution >= 0.6 is 0 Å². The largest absolute Gasteiger partial charge is 0.392 e. The Bertz CT molecular complexity index is 295. The number of ether oxygens (including phenoxy) is 1. The van der Waals surface area contributed by atoms with E-state index in [1.807, 2.05) is 14.2 Å². The first kappa shape index (κ1) is 17.2. The van der Waals surface area contributed by atoms with E-state index in [2.05, 4.69) is 17.6 Å². The van der Waals surface area contributed by atoms with Crippen molar-refractivity contribution in [2.45, 2.75) is 51.2 Å². The van der Waals surface area contributed by atoms with Crippen molar-refractivity contribution in [1.82, 2.24) is 10.6 Å². The van der Waals surface area contributed by atoms with Crippen molar-refractivity contribution in [3.8, 4) is 0 Å². The molecule has 0 aromatic rings. The molecule has 4 unspecified atom stereocenters. The van der Waals surface area contributed by atoms with E-state index in [0.29, 0.717) is 29.8 Å². The third-order valence-corrected chi connectivity index (χ3v) is 5.74. The molecule has 1 aliphatic carbocycles. The van der Waals surface area contributed by atoms with Crippen molar-refractivity contribution in [2.75, 3.05) is 33.8 Å². The minimum atomic E-state index is -0.179. The lowest BCUT2D eigenvalue weighted by Gasteiger charge is -2.41. The minimum Gasteiger partial charge on any atom is -0.392 e. The average Bonchev–Trinajstić information content (AvgIpc) is 2.52. The average molecular weight is 298 g/mol. The fourth-order valence-electron chi connectivity index (χ4n) is 4.47. The molecule has 4 nitrogen and oxygen atoms in total. The van der Waals surface area contributed by atoms with E-state index in [9.17, 15) is 5.11 Å². The number of aliphatic hydroxyl groups is 1. The summed E-state index contributed by atoms with van der Waals surface area (Å²) in [6, 6.07) is 0. The fraction of sp³-hybridized carbons (Fsp3) is 1.00. The summed E-state index contributed by atoms with van der Waals surface area (Å²) < 4.78 is 5.58. The van der Waals surface area contributed by atoms with Crippen LogP contribution in [0.25, 0.3) is 0 Å². The third kappa shape index (κ3) is 4.41.